The second-order valence-electron chi connectivity index (χ2n) is 21.9. The van der Waals surface area contributed by atoms with Crippen molar-refractivity contribution < 1.29 is 42.6 Å². The van der Waals surface area contributed by atoms with E-state index in [4.69, 9.17) is 25.4 Å². The number of aliphatic hydroxyl groups is 1. The summed E-state index contributed by atoms with van der Waals surface area (Å²) in [5, 5.41) is 43.0. The number of carbonyl (C=O) groups is 2. The molecule has 0 spiro atoms. The third kappa shape index (κ3) is 10.9. The van der Waals surface area contributed by atoms with Crippen molar-refractivity contribution in [2.45, 2.75) is 89.1 Å². The number of aromatic hydroxyl groups is 1. The number of likely N-dealkylation sites (tertiary alicyclic amines) is 2. The summed E-state index contributed by atoms with van der Waals surface area (Å²) in [6.07, 6.45) is 10.2. The fourth-order valence-corrected chi connectivity index (χ4v) is 12.0. The van der Waals surface area contributed by atoms with Crippen LogP contribution in [0.5, 0.6) is 17.6 Å². The largest absolute Gasteiger partial charge is 0.508 e. The number of piperidine rings is 1. The Hall–Kier alpha value is -8.23. The van der Waals surface area contributed by atoms with Crippen LogP contribution in [0.1, 0.15) is 87.3 Å². The Morgan fingerprint density at radius 2 is 1.71 bits per heavy atom. The molecule has 7 heterocycles. The number of hydrogen-bond acceptors (Lipinski definition) is 15. The number of hydrogen-bond donors (Lipinski definition) is 4. The molecule has 4 fully saturated rings. The highest BCUT2D eigenvalue weighted by molar-refractivity contribution is 6.03. The van der Waals surface area contributed by atoms with Crippen LogP contribution in [0.4, 0.5) is 14.6 Å². The smallest absolute Gasteiger partial charge is 0.319 e. The van der Waals surface area contributed by atoms with Crippen LogP contribution in [0.15, 0.2) is 89.6 Å². The van der Waals surface area contributed by atoms with Gasteiger partial charge in [0.1, 0.15) is 47.2 Å². The number of nitrogens with one attached hydrogen (secondary N) is 2. The van der Waals surface area contributed by atoms with Crippen molar-refractivity contribution in [2.75, 3.05) is 57.4 Å². The van der Waals surface area contributed by atoms with Crippen molar-refractivity contribution in [1.29, 1.82) is 5.26 Å². The standard InChI is InChI=1S/C61H62F2N10O7/c1-5-45-49(62)17-14-39-24-43(74)25-47(54(39)45)56-55(63)57-48(29-65-56)58(72-30-41-15-16-42(31-72)67-41)69-61(68-57)78-23-22-71-20-18-36(19-21-71)33-79-52-27-51(80-70-52)53(34(2)3)60(77)73-32-44(75)26-50(73)59(76)66-35(4)37-10-12-38(13-11-37)46-9-7-6-8-40(46)28-64/h1,6-14,17,24-25,27,29,34-36,41-42,44,50,53,67,74-75H,15-16,18-23,26,30-33H2,2-4H3,(H,66,76)/t35-,41?,42?,44+,50-,53+/m0/s1. The van der Waals surface area contributed by atoms with Crippen molar-refractivity contribution in [3.63, 3.8) is 0 Å². The molecule has 3 aromatic heterocycles. The molecule has 4 saturated heterocycles. The molecule has 2 amide bonds. The van der Waals surface area contributed by atoms with Crippen LogP contribution in [-0.2, 0) is 9.59 Å². The fourth-order valence-electron chi connectivity index (χ4n) is 12.0. The number of pyridine rings is 1. The lowest BCUT2D eigenvalue weighted by Gasteiger charge is -2.34. The van der Waals surface area contributed by atoms with Crippen LogP contribution in [0.2, 0.25) is 0 Å². The van der Waals surface area contributed by atoms with Crippen LogP contribution in [0, 0.1) is 47.1 Å². The zero-order chi connectivity index (χ0) is 55.8. The Labute approximate surface area is 461 Å². The fraction of sp³-hybridized carbons (Fsp3) is 0.393. The number of fused-ring (bicyclic) bond motifs is 4. The number of ether oxygens (including phenoxy) is 2. The van der Waals surface area contributed by atoms with Gasteiger partial charge in [0, 0.05) is 67.9 Å². The molecule has 6 atom stereocenters. The topological polar surface area (TPSA) is 215 Å². The van der Waals surface area contributed by atoms with E-state index in [1.54, 1.807) is 12.1 Å². The molecule has 17 nitrogen and oxygen atoms in total. The first-order valence-electron chi connectivity index (χ1n) is 27.4. The van der Waals surface area contributed by atoms with Crippen molar-refractivity contribution >= 4 is 39.3 Å². The summed E-state index contributed by atoms with van der Waals surface area (Å²) in [4.78, 5) is 48.0. The maximum Gasteiger partial charge on any atom is 0.319 e. The van der Waals surface area contributed by atoms with Crippen LogP contribution in [0.25, 0.3) is 44.1 Å². The number of anilines is 1. The molecule has 4 aromatic carbocycles. The normalized spacial score (nSPS) is 20.2. The van der Waals surface area contributed by atoms with Gasteiger partial charge < -0.3 is 44.6 Å². The number of aromatic nitrogens is 4. The van der Waals surface area contributed by atoms with Gasteiger partial charge in [-0.05, 0) is 109 Å². The van der Waals surface area contributed by atoms with E-state index >= 15 is 8.78 Å². The van der Waals surface area contributed by atoms with Crippen LogP contribution in [0.3, 0.4) is 0 Å². The number of nitrogens with zero attached hydrogens (tertiary/aromatic N) is 8. The van der Waals surface area contributed by atoms with E-state index in [1.165, 1.54) is 35.4 Å². The molecular weight excluding hydrogens is 1020 g/mol. The summed E-state index contributed by atoms with van der Waals surface area (Å²) in [6.45, 7) is 9.67. The van der Waals surface area contributed by atoms with E-state index in [0.717, 1.165) is 55.5 Å². The number of piperazine rings is 1. The van der Waals surface area contributed by atoms with E-state index in [-0.39, 0.29) is 101 Å². The van der Waals surface area contributed by atoms with Gasteiger partial charge >= 0.3 is 6.01 Å². The molecular formula is C61H62F2N10O7. The number of β-amino-alcohol motifs (C(OH)–C–C–N with tert-alkyl or cyclic N) is 1. The second kappa shape index (κ2) is 22.9. The molecule has 4 aliphatic heterocycles. The Morgan fingerprint density at radius 3 is 2.45 bits per heavy atom. The zero-order valence-electron chi connectivity index (χ0n) is 44.7. The van der Waals surface area contributed by atoms with Crippen molar-refractivity contribution in [3.05, 3.63) is 119 Å². The Morgan fingerprint density at radius 1 is 0.950 bits per heavy atom. The quantitative estimate of drug-likeness (QED) is 0.0674. The van der Waals surface area contributed by atoms with E-state index in [0.29, 0.717) is 54.2 Å². The van der Waals surface area contributed by atoms with Gasteiger partial charge in [0.05, 0.1) is 41.3 Å². The molecule has 0 radical (unpaired) electrons. The summed E-state index contributed by atoms with van der Waals surface area (Å²) >= 11 is 0. The van der Waals surface area contributed by atoms with Gasteiger partial charge in [-0.15, -0.1) is 6.42 Å². The number of aliphatic hydroxyl groups excluding tert-OH is 1. The summed E-state index contributed by atoms with van der Waals surface area (Å²) in [5.41, 5.74) is 3.00. The molecule has 2 unspecified atom stereocenters. The molecule has 4 aliphatic rings. The molecule has 412 valence electrons. The minimum absolute atomic E-state index is 0.00123. The molecule has 0 aliphatic carbocycles. The third-order valence-electron chi connectivity index (χ3n) is 16.2. The second-order valence-corrected chi connectivity index (χ2v) is 21.9. The van der Waals surface area contributed by atoms with Gasteiger partial charge in [0.25, 0.3) is 5.88 Å². The van der Waals surface area contributed by atoms with Crippen LogP contribution in [-0.4, -0.2) is 129 Å². The number of rotatable bonds is 16. The van der Waals surface area contributed by atoms with E-state index < -0.39 is 35.7 Å². The first-order valence-corrected chi connectivity index (χ1v) is 27.4. The highest BCUT2D eigenvalue weighted by Crippen LogP contribution is 2.40. The third-order valence-corrected chi connectivity index (χ3v) is 16.2. The molecule has 19 heteroatoms. The van der Waals surface area contributed by atoms with Gasteiger partial charge in [-0.25, -0.2) is 8.78 Å². The van der Waals surface area contributed by atoms with Crippen molar-refractivity contribution in [1.82, 2.24) is 40.5 Å². The summed E-state index contributed by atoms with van der Waals surface area (Å²) in [7, 11) is 0. The van der Waals surface area contributed by atoms with Crippen LogP contribution < -0.4 is 25.0 Å². The molecule has 2 bridgehead atoms. The zero-order valence-corrected chi connectivity index (χ0v) is 44.7. The monoisotopic (exact) mass is 1080 g/mol. The predicted octanol–water partition coefficient (Wildman–Crippen LogP) is 8.03. The number of benzene rings is 4. The highest BCUT2D eigenvalue weighted by Gasteiger charge is 2.44. The predicted molar refractivity (Wildman–Crippen MR) is 295 cm³/mol. The Balaban J connectivity index is 0.703. The Kier molecular flexibility index (Phi) is 15.4. The number of terminal acetylenes is 1. The maximum absolute atomic E-state index is 17.1. The number of phenols is 1. The minimum atomic E-state index is -0.897. The number of nitriles is 1. The number of phenolic OH excluding ortho intramolecular Hbond substituents is 1. The van der Waals surface area contributed by atoms with Crippen LogP contribution >= 0.6 is 0 Å². The van der Waals surface area contributed by atoms with Gasteiger partial charge in [0.15, 0.2) is 11.6 Å². The highest BCUT2D eigenvalue weighted by atomic mass is 19.1. The number of halogens is 2. The molecule has 80 heavy (non-hydrogen) atoms. The van der Waals surface area contributed by atoms with Gasteiger partial charge in [-0.2, -0.15) is 15.2 Å². The average molecular weight is 1090 g/mol. The lowest BCUT2D eigenvalue weighted by Crippen LogP contribution is -2.51. The molecule has 7 aromatic rings. The van der Waals surface area contributed by atoms with Gasteiger partial charge in [-0.3, -0.25) is 19.5 Å². The Bertz CT molecular complexity index is 3540. The summed E-state index contributed by atoms with van der Waals surface area (Å²) < 4.78 is 50.3. The first kappa shape index (κ1) is 53.8. The van der Waals surface area contributed by atoms with Gasteiger partial charge in [0.2, 0.25) is 11.8 Å². The summed E-state index contributed by atoms with van der Waals surface area (Å²) in [6, 6.07) is 23.6. The minimum Gasteiger partial charge on any atom is -0.508 e. The lowest BCUT2D eigenvalue weighted by atomic mass is 9.91. The SMILES string of the molecule is C#Cc1c(F)ccc2cc(O)cc(-c3ncc4c(N5CC6CCC(C5)N6)nc(OCCN5CCC(COc6cc([C@H](C(=O)N7C[C@H](O)C[C@H]7C(=O)N[C@@H](C)c7ccc(-c8ccccc8C#N)cc7)C(C)C)on6)CC5)nc4c3F)c12. The molecule has 11 rings (SSSR count). The molecule has 4 N–H and O–H groups in total. The first-order chi connectivity index (χ1) is 38.7. The summed E-state index contributed by atoms with van der Waals surface area (Å²) in [5.74, 6) is 0.334. The van der Waals surface area contributed by atoms with E-state index in [9.17, 15) is 25.1 Å². The average Bonchev–Trinajstić information content (AvgIpc) is 4.18. The van der Waals surface area contributed by atoms with E-state index in [1.807, 2.05) is 63.2 Å². The lowest BCUT2D eigenvalue weighted by molar-refractivity contribution is -0.141. The van der Waals surface area contributed by atoms with Crippen molar-refractivity contribution in [3.8, 4) is 58.4 Å². The maximum atomic E-state index is 17.1. The number of amides is 2. The van der Waals surface area contributed by atoms with Gasteiger partial charge in [-0.1, -0.05) is 68.3 Å². The number of carbonyl (C=O) groups excluding carboxylic acids is 2. The van der Waals surface area contributed by atoms with E-state index in [2.05, 4.69) is 47.5 Å². The van der Waals surface area contributed by atoms with Crippen molar-refractivity contribution in [2.24, 2.45) is 11.8 Å². The molecule has 0 saturated carbocycles.